The van der Waals surface area contributed by atoms with Gasteiger partial charge in [0, 0.05) is 24.8 Å². The summed E-state index contributed by atoms with van der Waals surface area (Å²) in [6.07, 6.45) is 3.07. The van der Waals surface area contributed by atoms with Gasteiger partial charge in [-0.3, -0.25) is 9.89 Å². The highest BCUT2D eigenvalue weighted by Gasteiger charge is 2.25. The first-order valence-corrected chi connectivity index (χ1v) is 11.5. The van der Waals surface area contributed by atoms with Crippen LogP contribution in [0, 0.1) is 19.7 Å². The standard InChI is InChI=1S/C23H28ClFN8O/c1-13-8-19(18(25)10-16(13)15-4-6-33(7-5-15)21(34)12-26-3)28-23-27-11-17(24)22(30-23)29-20-9-14(2)31-32-20/h8-11,15,26H,4-7,12H2,1-3H3,(H3,27,28,29,30,31,32). The van der Waals surface area contributed by atoms with Crippen LogP contribution in [0.1, 0.15) is 35.6 Å². The van der Waals surface area contributed by atoms with Crippen LogP contribution in [-0.2, 0) is 4.79 Å². The molecule has 9 nitrogen and oxygen atoms in total. The summed E-state index contributed by atoms with van der Waals surface area (Å²) in [4.78, 5) is 22.5. The number of halogens is 2. The average Bonchev–Trinajstić information content (AvgIpc) is 3.23. The summed E-state index contributed by atoms with van der Waals surface area (Å²) in [5.74, 6) is 1.06. The molecule has 180 valence electrons. The maximum atomic E-state index is 15.1. The number of nitrogens with zero attached hydrogens (tertiary/aromatic N) is 4. The lowest BCUT2D eigenvalue weighted by Gasteiger charge is -2.33. The highest BCUT2D eigenvalue weighted by atomic mass is 35.5. The number of likely N-dealkylation sites (tertiary alicyclic amines) is 1. The summed E-state index contributed by atoms with van der Waals surface area (Å²) in [6, 6.07) is 5.16. The van der Waals surface area contributed by atoms with E-state index >= 15 is 4.39 Å². The number of aryl methyl sites for hydroxylation is 2. The van der Waals surface area contributed by atoms with Gasteiger partial charge in [0.25, 0.3) is 0 Å². The average molecular weight is 487 g/mol. The fourth-order valence-electron chi connectivity index (χ4n) is 4.17. The molecule has 4 rings (SSSR count). The molecule has 11 heteroatoms. The molecule has 0 atom stereocenters. The number of likely N-dealkylation sites (N-methyl/N-ethyl adjacent to an activating group) is 1. The summed E-state index contributed by atoms with van der Waals surface area (Å²) in [7, 11) is 1.76. The lowest BCUT2D eigenvalue weighted by Crippen LogP contribution is -2.42. The van der Waals surface area contributed by atoms with Gasteiger partial charge in [0.15, 0.2) is 11.6 Å². The van der Waals surface area contributed by atoms with E-state index < -0.39 is 0 Å². The van der Waals surface area contributed by atoms with E-state index in [0.29, 0.717) is 36.3 Å². The second kappa shape index (κ2) is 10.4. The largest absolute Gasteiger partial charge is 0.342 e. The van der Waals surface area contributed by atoms with Crippen molar-refractivity contribution in [1.29, 1.82) is 0 Å². The molecule has 3 heterocycles. The molecule has 3 aromatic rings. The van der Waals surface area contributed by atoms with Crippen molar-refractivity contribution in [2.75, 3.05) is 37.3 Å². The molecule has 0 saturated carbocycles. The monoisotopic (exact) mass is 486 g/mol. The Balaban J connectivity index is 1.46. The van der Waals surface area contributed by atoms with E-state index in [-0.39, 0.29) is 29.3 Å². The molecule has 1 aliphatic heterocycles. The van der Waals surface area contributed by atoms with Crippen molar-refractivity contribution in [2.24, 2.45) is 0 Å². The van der Waals surface area contributed by atoms with Crippen molar-refractivity contribution in [3.8, 4) is 0 Å². The second-order valence-corrected chi connectivity index (χ2v) is 8.86. The van der Waals surface area contributed by atoms with Crippen LogP contribution in [0.3, 0.4) is 0 Å². The molecule has 4 N–H and O–H groups in total. The minimum absolute atomic E-state index is 0.0997. The molecule has 1 fully saturated rings. The zero-order chi connectivity index (χ0) is 24.2. The van der Waals surface area contributed by atoms with Crippen LogP contribution in [0.5, 0.6) is 0 Å². The summed E-state index contributed by atoms with van der Waals surface area (Å²) in [6.45, 7) is 5.54. The van der Waals surface area contributed by atoms with E-state index in [4.69, 9.17) is 11.6 Å². The van der Waals surface area contributed by atoms with Crippen LogP contribution in [0.25, 0.3) is 0 Å². The third-order valence-corrected chi connectivity index (χ3v) is 6.19. The Morgan fingerprint density at radius 3 is 2.68 bits per heavy atom. The predicted molar refractivity (Wildman–Crippen MR) is 131 cm³/mol. The van der Waals surface area contributed by atoms with Gasteiger partial charge in [0.2, 0.25) is 11.9 Å². The third-order valence-electron chi connectivity index (χ3n) is 5.91. The second-order valence-electron chi connectivity index (χ2n) is 8.45. The van der Waals surface area contributed by atoms with Crippen molar-refractivity contribution < 1.29 is 9.18 Å². The van der Waals surface area contributed by atoms with Gasteiger partial charge in [-0.05, 0) is 62.9 Å². The number of amides is 1. The Morgan fingerprint density at radius 2 is 2.00 bits per heavy atom. The van der Waals surface area contributed by atoms with Gasteiger partial charge in [0.1, 0.15) is 10.8 Å². The van der Waals surface area contributed by atoms with Gasteiger partial charge in [-0.15, -0.1) is 0 Å². The molecule has 1 saturated heterocycles. The van der Waals surface area contributed by atoms with Crippen molar-refractivity contribution in [3.63, 3.8) is 0 Å². The molecule has 1 amide bonds. The van der Waals surface area contributed by atoms with Crippen molar-refractivity contribution in [1.82, 2.24) is 30.4 Å². The van der Waals surface area contributed by atoms with Gasteiger partial charge in [-0.2, -0.15) is 10.1 Å². The van der Waals surface area contributed by atoms with Crippen molar-refractivity contribution in [3.05, 3.63) is 52.1 Å². The molecule has 1 aliphatic rings. The molecular weight excluding hydrogens is 459 g/mol. The normalized spacial score (nSPS) is 14.3. The number of carbonyl (C=O) groups is 1. The fourth-order valence-corrected chi connectivity index (χ4v) is 4.31. The van der Waals surface area contributed by atoms with Gasteiger partial charge in [-0.1, -0.05) is 11.6 Å². The number of hydrogen-bond donors (Lipinski definition) is 4. The van der Waals surface area contributed by atoms with Crippen molar-refractivity contribution >= 4 is 40.8 Å². The topological polar surface area (TPSA) is 111 Å². The van der Waals surface area contributed by atoms with E-state index in [2.05, 4.69) is 36.1 Å². The number of piperidine rings is 1. The number of aromatic amines is 1. The smallest absolute Gasteiger partial charge is 0.236 e. The first-order chi connectivity index (χ1) is 16.3. The van der Waals surface area contributed by atoms with Crippen LogP contribution in [0.4, 0.5) is 27.7 Å². The molecule has 0 spiro atoms. The summed E-state index contributed by atoms with van der Waals surface area (Å²) < 4.78 is 15.1. The van der Waals surface area contributed by atoms with E-state index in [0.717, 1.165) is 29.7 Å². The zero-order valence-corrected chi connectivity index (χ0v) is 20.1. The molecule has 0 bridgehead atoms. The Labute approximate surface area is 202 Å². The molecule has 0 radical (unpaired) electrons. The maximum absolute atomic E-state index is 15.1. The lowest BCUT2D eigenvalue weighted by atomic mass is 9.86. The lowest BCUT2D eigenvalue weighted by molar-refractivity contribution is -0.131. The summed E-state index contributed by atoms with van der Waals surface area (Å²) in [5.41, 5.74) is 3.12. The predicted octanol–water partition coefficient (Wildman–Crippen LogP) is 4.02. The first-order valence-electron chi connectivity index (χ1n) is 11.1. The van der Waals surface area contributed by atoms with Crippen LogP contribution in [0.15, 0.2) is 24.4 Å². The van der Waals surface area contributed by atoms with Gasteiger partial charge >= 0.3 is 0 Å². The number of rotatable bonds is 7. The molecule has 0 unspecified atom stereocenters. The number of benzene rings is 1. The SMILES string of the molecule is CNCC(=O)N1CCC(c2cc(F)c(Nc3ncc(Cl)c(Nc4cc(C)[nH]n4)n3)cc2C)CC1. The summed E-state index contributed by atoms with van der Waals surface area (Å²) in [5, 5.41) is 16.1. The van der Waals surface area contributed by atoms with Crippen LogP contribution < -0.4 is 16.0 Å². The Hall–Kier alpha value is -3.24. The Bertz CT molecular complexity index is 1180. The number of aromatic nitrogens is 4. The zero-order valence-electron chi connectivity index (χ0n) is 19.4. The maximum Gasteiger partial charge on any atom is 0.236 e. The number of H-pyrrole nitrogens is 1. The van der Waals surface area contributed by atoms with E-state index in [1.165, 1.54) is 6.20 Å². The fraction of sp³-hybridized carbons (Fsp3) is 0.391. The number of nitrogens with one attached hydrogen (secondary N) is 4. The van der Waals surface area contributed by atoms with Crippen molar-refractivity contribution in [2.45, 2.75) is 32.6 Å². The first kappa shape index (κ1) is 23.9. The minimum Gasteiger partial charge on any atom is -0.342 e. The van der Waals surface area contributed by atoms with Crippen LogP contribution >= 0.6 is 11.6 Å². The van der Waals surface area contributed by atoms with E-state index in [1.807, 2.05) is 24.8 Å². The molecule has 2 aromatic heterocycles. The quantitative estimate of drug-likeness (QED) is 0.399. The van der Waals surface area contributed by atoms with Crippen LogP contribution in [0.2, 0.25) is 5.02 Å². The number of anilines is 4. The Kier molecular flexibility index (Phi) is 7.28. The minimum atomic E-state index is -0.384. The van der Waals surface area contributed by atoms with Gasteiger partial charge in [-0.25, -0.2) is 9.37 Å². The highest BCUT2D eigenvalue weighted by molar-refractivity contribution is 6.32. The van der Waals surface area contributed by atoms with Gasteiger partial charge < -0.3 is 20.9 Å². The molecule has 34 heavy (non-hydrogen) atoms. The molecular formula is C23H28ClFN8O. The number of carbonyl (C=O) groups excluding carboxylic acids is 1. The van der Waals surface area contributed by atoms with Crippen LogP contribution in [-0.4, -0.2) is 57.7 Å². The highest BCUT2D eigenvalue weighted by Crippen LogP contribution is 2.34. The number of hydrogen-bond acceptors (Lipinski definition) is 7. The third kappa shape index (κ3) is 5.45. The Morgan fingerprint density at radius 1 is 1.24 bits per heavy atom. The van der Waals surface area contributed by atoms with E-state index in [1.54, 1.807) is 19.2 Å². The summed E-state index contributed by atoms with van der Waals surface area (Å²) >= 11 is 6.21. The molecule has 0 aliphatic carbocycles. The molecule has 1 aromatic carbocycles. The van der Waals surface area contributed by atoms with Gasteiger partial charge in [0.05, 0.1) is 18.4 Å². The van der Waals surface area contributed by atoms with E-state index in [9.17, 15) is 4.79 Å².